The molecule has 1 aromatic carbocycles. The quantitative estimate of drug-likeness (QED) is 0.692. The minimum atomic E-state index is -0.708. The maximum absolute atomic E-state index is 12.8. The number of carbonyl (C=O) groups is 1. The molecule has 1 amide bonds. The normalized spacial score (nSPS) is 24.1. The molecule has 0 unspecified atom stereocenters. The summed E-state index contributed by atoms with van der Waals surface area (Å²) >= 11 is 3.52. The van der Waals surface area contributed by atoms with Crippen molar-refractivity contribution in [1.29, 1.82) is 0 Å². The Morgan fingerprint density at radius 1 is 1.44 bits per heavy atom. The Labute approximate surface area is 168 Å². The van der Waals surface area contributed by atoms with E-state index in [1.807, 2.05) is 13.0 Å². The molecule has 1 fully saturated rings. The lowest BCUT2D eigenvalue weighted by molar-refractivity contribution is -0.116. The van der Waals surface area contributed by atoms with Gasteiger partial charge in [0.1, 0.15) is 11.5 Å². The molecule has 0 bridgehead atoms. The van der Waals surface area contributed by atoms with Crippen LogP contribution in [0.5, 0.6) is 5.75 Å². The summed E-state index contributed by atoms with van der Waals surface area (Å²) in [6.07, 6.45) is 2.28. The van der Waals surface area contributed by atoms with Gasteiger partial charge >= 0.3 is 0 Å². The van der Waals surface area contributed by atoms with E-state index < -0.39 is 5.54 Å². The van der Waals surface area contributed by atoms with Crippen molar-refractivity contribution in [1.82, 2.24) is 5.32 Å². The minimum absolute atomic E-state index is 0.0971. The van der Waals surface area contributed by atoms with Crippen LogP contribution in [0.3, 0.4) is 0 Å². The van der Waals surface area contributed by atoms with Crippen molar-refractivity contribution in [3.05, 3.63) is 33.5 Å². The fraction of sp³-hybridized carbons (Fsp3) is 0.476. The zero-order valence-corrected chi connectivity index (χ0v) is 17.4. The zero-order chi connectivity index (χ0) is 19.6. The van der Waals surface area contributed by atoms with E-state index in [4.69, 9.17) is 9.47 Å². The number of hydrogen-bond acceptors (Lipinski definition) is 4. The molecule has 27 heavy (non-hydrogen) atoms. The highest BCUT2D eigenvalue weighted by atomic mass is 79.9. The molecule has 1 saturated carbocycles. The van der Waals surface area contributed by atoms with E-state index >= 15 is 0 Å². The summed E-state index contributed by atoms with van der Waals surface area (Å²) in [5.41, 5.74) is 0.891. The predicted molar refractivity (Wildman–Crippen MR) is 108 cm³/mol. The number of halogens is 1. The lowest BCUT2D eigenvalue weighted by atomic mass is 9.92. The van der Waals surface area contributed by atoms with Gasteiger partial charge in [0.2, 0.25) is 0 Å². The number of nitrogens with one attached hydrogen (secondary N) is 1. The van der Waals surface area contributed by atoms with E-state index in [2.05, 4.69) is 33.1 Å². The van der Waals surface area contributed by atoms with Gasteiger partial charge in [0.15, 0.2) is 0 Å². The minimum Gasteiger partial charge on any atom is -0.509 e. The van der Waals surface area contributed by atoms with Crippen molar-refractivity contribution < 1.29 is 19.4 Å². The number of amides is 1. The third kappa shape index (κ3) is 3.59. The van der Waals surface area contributed by atoms with E-state index in [1.54, 1.807) is 20.1 Å². The summed E-state index contributed by atoms with van der Waals surface area (Å²) in [6, 6.07) is 3.61. The molecule has 0 saturated heterocycles. The summed E-state index contributed by atoms with van der Waals surface area (Å²) in [4.78, 5) is 12.8. The average molecular weight is 434 g/mol. The van der Waals surface area contributed by atoms with Gasteiger partial charge in [-0.3, -0.25) is 4.79 Å². The van der Waals surface area contributed by atoms with Crippen LogP contribution in [0, 0.1) is 17.8 Å². The van der Waals surface area contributed by atoms with Crippen molar-refractivity contribution in [2.75, 3.05) is 20.3 Å². The van der Waals surface area contributed by atoms with Crippen LogP contribution in [-0.2, 0) is 9.53 Å². The fourth-order valence-electron chi connectivity index (χ4n) is 4.02. The lowest BCUT2D eigenvalue weighted by Crippen LogP contribution is -2.42. The SMILES string of the molecule is CC#Cc1cc(Br)c(C2=C(O)[C@]3(CC[C@H](COCC)C3)NC2=O)c(OC)c1. The van der Waals surface area contributed by atoms with E-state index in [0.29, 0.717) is 47.8 Å². The third-order valence-electron chi connectivity index (χ3n) is 5.24. The van der Waals surface area contributed by atoms with Crippen LogP contribution < -0.4 is 10.1 Å². The number of rotatable bonds is 5. The Bertz CT molecular complexity index is 852. The monoisotopic (exact) mass is 433 g/mol. The maximum Gasteiger partial charge on any atom is 0.256 e. The molecule has 1 aliphatic heterocycles. The van der Waals surface area contributed by atoms with Gasteiger partial charge in [0.25, 0.3) is 5.91 Å². The molecule has 144 valence electrons. The standard InChI is InChI=1S/C21H24BrNO4/c1-4-6-13-9-15(22)17(16(10-13)26-3)18-19(24)21(23-20(18)25)8-7-14(11-21)12-27-5-2/h9-10,14,24H,5,7-8,11-12H2,1-3H3,(H,23,25)/t14-,21+/m0/s1. The highest BCUT2D eigenvalue weighted by Gasteiger charge is 2.51. The van der Waals surface area contributed by atoms with Gasteiger partial charge < -0.3 is 19.9 Å². The van der Waals surface area contributed by atoms with E-state index in [9.17, 15) is 9.90 Å². The second-order valence-electron chi connectivity index (χ2n) is 6.94. The zero-order valence-electron chi connectivity index (χ0n) is 15.8. The summed E-state index contributed by atoms with van der Waals surface area (Å²) in [5, 5.41) is 14.1. The van der Waals surface area contributed by atoms with Crippen LogP contribution in [0.15, 0.2) is 22.4 Å². The molecule has 1 aliphatic carbocycles. The smallest absolute Gasteiger partial charge is 0.256 e. The second kappa shape index (κ2) is 7.95. The molecule has 6 heteroatoms. The number of aliphatic hydroxyl groups is 1. The summed E-state index contributed by atoms with van der Waals surface area (Å²) in [6.45, 7) is 5.04. The molecular weight excluding hydrogens is 410 g/mol. The molecule has 0 aromatic heterocycles. The fourth-order valence-corrected chi connectivity index (χ4v) is 4.66. The van der Waals surface area contributed by atoms with Crippen molar-refractivity contribution in [3.63, 3.8) is 0 Å². The first kappa shape index (κ1) is 19.8. The molecular formula is C21H24BrNO4. The Balaban J connectivity index is 2.02. The van der Waals surface area contributed by atoms with Gasteiger partial charge in [-0.15, -0.1) is 5.92 Å². The Hall–Kier alpha value is -1.97. The average Bonchev–Trinajstić information content (AvgIpc) is 3.15. The molecule has 5 nitrogen and oxygen atoms in total. The largest absolute Gasteiger partial charge is 0.509 e. The topological polar surface area (TPSA) is 67.8 Å². The van der Waals surface area contributed by atoms with Crippen LogP contribution in [0.1, 0.15) is 44.2 Å². The van der Waals surface area contributed by atoms with Crippen LogP contribution in [0.4, 0.5) is 0 Å². The van der Waals surface area contributed by atoms with E-state index in [-0.39, 0.29) is 17.2 Å². The van der Waals surface area contributed by atoms with E-state index in [1.165, 1.54) is 0 Å². The van der Waals surface area contributed by atoms with Crippen molar-refractivity contribution >= 4 is 27.4 Å². The molecule has 1 heterocycles. The Morgan fingerprint density at radius 3 is 2.89 bits per heavy atom. The third-order valence-corrected chi connectivity index (χ3v) is 5.86. The van der Waals surface area contributed by atoms with E-state index in [0.717, 1.165) is 12.0 Å². The molecule has 2 aliphatic rings. The highest BCUT2D eigenvalue weighted by Crippen LogP contribution is 2.47. The number of benzene rings is 1. The second-order valence-corrected chi connectivity index (χ2v) is 7.79. The van der Waals surface area contributed by atoms with Gasteiger partial charge in [-0.2, -0.15) is 0 Å². The number of ether oxygens (including phenoxy) is 2. The van der Waals surface area contributed by atoms with Crippen LogP contribution in [-0.4, -0.2) is 36.9 Å². The maximum atomic E-state index is 12.8. The van der Waals surface area contributed by atoms with Crippen molar-refractivity contribution in [2.24, 2.45) is 5.92 Å². The number of methoxy groups -OCH3 is 1. The van der Waals surface area contributed by atoms with Gasteiger partial charge in [-0.25, -0.2) is 0 Å². The van der Waals surface area contributed by atoms with Gasteiger partial charge in [0, 0.05) is 28.8 Å². The summed E-state index contributed by atoms with van der Waals surface area (Å²) < 4.78 is 11.7. The number of hydrogen-bond donors (Lipinski definition) is 2. The van der Waals surface area contributed by atoms with Gasteiger partial charge in [-0.05, 0) is 67.1 Å². The molecule has 2 atom stereocenters. The van der Waals surface area contributed by atoms with Gasteiger partial charge in [-0.1, -0.05) is 5.92 Å². The molecule has 1 spiro atoms. The predicted octanol–water partition coefficient (Wildman–Crippen LogP) is 3.80. The molecule has 2 N–H and O–H groups in total. The first-order valence-corrected chi connectivity index (χ1v) is 9.89. The Morgan fingerprint density at radius 2 is 2.22 bits per heavy atom. The summed E-state index contributed by atoms with van der Waals surface area (Å²) in [5.74, 6) is 6.47. The highest BCUT2D eigenvalue weighted by molar-refractivity contribution is 9.10. The molecule has 3 rings (SSSR count). The molecule has 1 aromatic rings. The summed E-state index contributed by atoms with van der Waals surface area (Å²) in [7, 11) is 1.54. The van der Waals surface area contributed by atoms with Crippen LogP contribution in [0.2, 0.25) is 0 Å². The van der Waals surface area contributed by atoms with Gasteiger partial charge in [0.05, 0.1) is 18.2 Å². The lowest BCUT2D eigenvalue weighted by Gasteiger charge is -2.24. The first-order valence-electron chi connectivity index (χ1n) is 9.10. The van der Waals surface area contributed by atoms with Crippen LogP contribution >= 0.6 is 15.9 Å². The van der Waals surface area contributed by atoms with Crippen molar-refractivity contribution in [3.8, 4) is 17.6 Å². The van der Waals surface area contributed by atoms with Crippen LogP contribution in [0.25, 0.3) is 5.57 Å². The number of carbonyl (C=O) groups excluding carboxylic acids is 1. The number of aliphatic hydroxyl groups excluding tert-OH is 1. The van der Waals surface area contributed by atoms with Crippen molar-refractivity contribution in [2.45, 2.75) is 38.6 Å². The first-order chi connectivity index (χ1) is 13.0. The molecule has 0 radical (unpaired) electrons. The Kier molecular flexibility index (Phi) is 5.83.